The van der Waals surface area contributed by atoms with Gasteiger partial charge < -0.3 is 28.9 Å². The monoisotopic (exact) mass is 509 g/mol. The number of ether oxygens (including phenoxy) is 3. The van der Waals surface area contributed by atoms with Gasteiger partial charge in [0, 0.05) is 51.0 Å². The number of aromatic nitrogens is 2. The van der Waals surface area contributed by atoms with Gasteiger partial charge in [-0.25, -0.2) is 9.07 Å². The van der Waals surface area contributed by atoms with Crippen molar-refractivity contribution in [1.29, 1.82) is 0 Å². The molecule has 0 radical (unpaired) electrons. The van der Waals surface area contributed by atoms with Crippen molar-refractivity contribution in [2.45, 2.75) is 13.5 Å². The number of anilines is 1. The maximum Gasteiger partial charge on any atom is 0.254 e. The minimum Gasteiger partial charge on any atom is -0.454 e. The molecular formula is C27H32FN5O4. The Bertz CT molecular complexity index is 1270. The molecule has 1 aromatic heterocycles. The SMILES string of the molecule is COCCN(Cc1c(C)nn(-c2cccc(F)c2)c1N1CCN(C)CC1)C(=O)c1ccc2c(c1)OCO2. The summed E-state index contributed by atoms with van der Waals surface area (Å²) in [5.74, 6) is 1.61. The van der Waals surface area contributed by atoms with Crippen molar-refractivity contribution in [3.63, 3.8) is 0 Å². The molecule has 2 aliphatic heterocycles. The summed E-state index contributed by atoms with van der Waals surface area (Å²) in [6.07, 6.45) is 0. The molecule has 3 heterocycles. The Morgan fingerprint density at radius 1 is 1.11 bits per heavy atom. The lowest BCUT2D eigenvalue weighted by atomic mass is 10.1. The summed E-state index contributed by atoms with van der Waals surface area (Å²) in [5.41, 5.74) is 2.88. The summed E-state index contributed by atoms with van der Waals surface area (Å²) in [5, 5.41) is 4.82. The van der Waals surface area contributed by atoms with Gasteiger partial charge in [-0.05, 0) is 50.4 Å². The van der Waals surface area contributed by atoms with Gasteiger partial charge in [0.15, 0.2) is 11.5 Å². The largest absolute Gasteiger partial charge is 0.454 e. The van der Waals surface area contributed by atoms with Crippen LogP contribution in [0.25, 0.3) is 5.69 Å². The quantitative estimate of drug-likeness (QED) is 0.462. The predicted octanol–water partition coefficient (Wildman–Crippen LogP) is 3.09. The van der Waals surface area contributed by atoms with Crippen LogP contribution in [-0.4, -0.2) is 85.8 Å². The maximum atomic E-state index is 14.2. The van der Waals surface area contributed by atoms with Crippen LogP contribution < -0.4 is 14.4 Å². The number of methoxy groups -OCH3 is 1. The number of amides is 1. The fourth-order valence-corrected chi connectivity index (χ4v) is 4.72. The fourth-order valence-electron chi connectivity index (χ4n) is 4.72. The van der Waals surface area contributed by atoms with Crippen LogP contribution in [0.2, 0.25) is 0 Å². The van der Waals surface area contributed by atoms with E-state index in [4.69, 9.17) is 19.3 Å². The molecule has 0 N–H and O–H groups in total. The molecule has 1 fully saturated rings. The van der Waals surface area contributed by atoms with E-state index in [0.717, 1.165) is 43.3 Å². The van der Waals surface area contributed by atoms with Crippen molar-refractivity contribution >= 4 is 11.7 Å². The van der Waals surface area contributed by atoms with Gasteiger partial charge in [-0.1, -0.05) is 6.07 Å². The second-order valence-corrected chi connectivity index (χ2v) is 9.36. The van der Waals surface area contributed by atoms with Gasteiger partial charge in [0.05, 0.1) is 24.5 Å². The second kappa shape index (κ2) is 10.8. The summed E-state index contributed by atoms with van der Waals surface area (Å²) in [6.45, 7) is 6.60. The van der Waals surface area contributed by atoms with Crippen LogP contribution in [0.1, 0.15) is 21.6 Å². The van der Waals surface area contributed by atoms with Crippen LogP contribution in [-0.2, 0) is 11.3 Å². The van der Waals surface area contributed by atoms with Gasteiger partial charge in [-0.15, -0.1) is 0 Å². The number of benzene rings is 2. The van der Waals surface area contributed by atoms with Crippen molar-refractivity contribution in [2.75, 3.05) is 65.2 Å². The molecule has 2 aliphatic rings. The third-order valence-corrected chi connectivity index (χ3v) is 6.83. The van der Waals surface area contributed by atoms with E-state index in [-0.39, 0.29) is 18.5 Å². The highest BCUT2D eigenvalue weighted by Crippen LogP contribution is 2.34. The molecule has 196 valence electrons. The number of nitrogens with zero attached hydrogens (tertiary/aromatic N) is 5. The number of carbonyl (C=O) groups excluding carboxylic acids is 1. The highest BCUT2D eigenvalue weighted by molar-refractivity contribution is 5.95. The lowest BCUT2D eigenvalue weighted by molar-refractivity contribution is 0.0680. The first-order chi connectivity index (χ1) is 17.9. The molecule has 0 atom stereocenters. The van der Waals surface area contributed by atoms with Crippen molar-refractivity contribution in [3.05, 3.63) is 65.1 Å². The molecule has 0 saturated carbocycles. The molecule has 5 rings (SSSR count). The Morgan fingerprint density at radius 2 is 1.89 bits per heavy atom. The average Bonchev–Trinajstić information content (AvgIpc) is 3.50. The molecule has 37 heavy (non-hydrogen) atoms. The molecular weight excluding hydrogens is 477 g/mol. The van der Waals surface area contributed by atoms with Crippen LogP contribution >= 0.6 is 0 Å². The number of carbonyl (C=O) groups is 1. The van der Waals surface area contributed by atoms with Crippen molar-refractivity contribution in [2.24, 2.45) is 0 Å². The summed E-state index contributed by atoms with van der Waals surface area (Å²) < 4.78 is 32.2. The molecule has 0 aliphatic carbocycles. The fraction of sp³-hybridized carbons (Fsp3) is 0.407. The maximum absolute atomic E-state index is 14.2. The Hall–Kier alpha value is -3.63. The number of piperazine rings is 1. The van der Waals surface area contributed by atoms with Crippen molar-refractivity contribution in [1.82, 2.24) is 19.6 Å². The number of fused-ring (bicyclic) bond motifs is 1. The Kier molecular flexibility index (Phi) is 7.29. The minimum absolute atomic E-state index is 0.141. The lowest BCUT2D eigenvalue weighted by Gasteiger charge is -2.35. The number of halogens is 1. The van der Waals surface area contributed by atoms with E-state index in [1.165, 1.54) is 12.1 Å². The molecule has 3 aromatic rings. The van der Waals surface area contributed by atoms with E-state index in [2.05, 4.69) is 16.8 Å². The van der Waals surface area contributed by atoms with Crippen molar-refractivity contribution < 1.29 is 23.4 Å². The second-order valence-electron chi connectivity index (χ2n) is 9.36. The van der Waals surface area contributed by atoms with Gasteiger partial charge in [-0.3, -0.25) is 4.79 Å². The molecule has 10 heteroatoms. The van der Waals surface area contributed by atoms with Gasteiger partial charge in [0.1, 0.15) is 11.6 Å². The van der Waals surface area contributed by atoms with E-state index in [1.54, 1.807) is 41.0 Å². The standard InChI is InChI=1S/C27H32FN5O4/c1-19-23(17-32(13-14-35-3)27(34)20-7-8-24-25(15-20)37-18-36-24)26(31-11-9-30(2)10-12-31)33(29-19)22-6-4-5-21(28)16-22/h4-8,15-16H,9-14,17-18H2,1-3H3. The molecule has 2 aromatic carbocycles. The Balaban J connectivity index is 1.52. The van der Waals surface area contributed by atoms with Crippen LogP contribution in [0.5, 0.6) is 11.5 Å². The third kappa shape index (κ3) is 5.26. The Labute approximate surface area is 215 Å². The van der Waals surface area contributed by atoms with E-state index in [1.807, 2.05) is 13.0 Å². The molecule has 0 unspecified atom stereocenters. The zero-order valence-corrected chi connectivity index (χ0v) is 21.4. The summed E-state index contributed by atoms with van der Waals surface area (Å²) in [4.78, 5) is 20.0. The summed E-state index contributed by atoms with van der Waals surface area (Å²) >= 11 is 0. The first-order valence-electron chi connectivity index (χ1n) is 12.4. The van der Waals surface area contributed by atoms with E-state index >= 15 is 0 Å². The summed E-state index contributed by atoms with van der Waals surface area (Å²) in [7, 11) is 3.72. The minimum atomic E-state index is -0.323. The zero-order chi connectivity index (χ0) is 25.9. The van der Waals surface area contributed by atoms with Gasteiger partial charge in [0.2, 0.25) is 6.79 Å². The highest BCUT2D eigenvalue weighted by atomic mass is 19.1. The zero-order valence-electron chi connectivity index (χ0n) is 21.4. The van der Waals surface area contributed by atoms with E-state index in [0.29, 0.717) is 42.4 Å². The predicted molar refractivity (Wildman–Crippen MR) is 137 cm³/mol. The number of hydrogen-bond acceptors (Lipinski definition) is 7. The number of likely N-dealkylation sites (N-methyl/N-ethyl adjacent to an activating group) is 1. The van der Waals surface area contributed by atoms with Crippen LogP contribution in [0.4, 0.5) is 10.2 Å². The normalized spacial score (nSPS) is 15.3. The van der Waals surface area contributed by atoms with Crippen LogP contribution in [0.3, 0.4) is 0 Å². The van der Waals surface area contributed by atoms with Gasteiger partial charge >= 0.3 is 0 Å². The topological polar surface area (TPSA) is 72.3 Å². The highest BCUT2D eigenvalue weighted by Gasteiger charge is 2.28. The molecule has 9 nitrogen and oxygen atoms in total. The molecule has 1 amide bonds. The number of aryl methyl sites for hydroxylation is 1. The first-order valence-corrected chi connectivity index (χ1v) is 12.4. The van der Waals surface area contributed by atoms with Crippen LogP contribution in [0, 0.1) is 12.7 Å². The number of rotatable bonds is 8. The first kappa shape index (κ1) is 25.0. The number of hydrogen-bond donors (Lipinski definition) is 0. The lowest BCUT2D eigenvalue weighted by Crippen LogP contribution is -2.45. The molecule has 0 bridgehead atoms. The van der Waals surface area contributed by atoms with E-state index in [9.17, 15) is 9.18 Å². The Morgan fingerprint density at radius 3 is 2.65 bits per heavy atom. The van der Waals surface area contributed by atoms with Gasteiger partial charge in [0.25, 0.3) is 5.91 Å². The molecule has 0 spiro atoms. The van der Waals surface area contributed by atoms with E-state index < -0.39 is 0 Å². The van der Waals surface area contributed by atoms with Gasteiger partial charge in [-0.2, -0.15) is 5.10 Å². The van der Waals surface area contributed by atoms with Crippen LogP contribution in [0.15, 0.2) is 42.5 Å². The summed E-state index contributed by atoms with van der Waals surface area (Å²) in [6, 6.07) is 11.7. The molecule has 1 saturated heterocycles. The average molecular weight is 510 g/mol. The third-order valence-electron chi connectivity index (χ3n) is 6.83. The van der Waals surface area contributed by atoms with Crippen molar-refractivity contribution in [3.8, 4) is 17.2 Å². The smallest absolute Gasteiger partial charge is 0.254 e.